The number of ether oxygens (including phenoxy) is 1. The molecular weight excluding hydrogens is 394 g/mol. The van der Waals surface area contributed by atoms with Gasteiger partial charge in [0.25, 0.3) is 5.91 Å². The summed E-state index contributed by atoms with van der Waals surface area (Å²) in [6, 6.07) is 8.60. The Labute approximate surface area is 161 Å². The number of nitrogens with one attached hydrogen (secondary N) is 1. The fourth-order valence-corrected chi connectivity index (χ4v) is 4.88. The summed E-state index contributed by atoms with van der Waals surface area (Å²) in [6.07, 6.45) is 0.358. The number of carbonyl (C=O) groups is 2. The van der Waals surface area contributed by atoms with Gasteiger partial charge in [-0.1, -0.05) is 29.8 Å². The third kappa shape index (κ3) is 4.48. The molecule has 10 heteroatoms. The standard InChI is InChI=1S/C17H18ClN3O5S/c1-11-15(16(18)21(20-11)13-5-3-2-4-6-13)17(23)26-9-14(22)19-12-7-8-27(24,25)10-12/h2-6,12H,7-10H2,1H3,(H,19,22). The summed E-state index contributed by atoms with van der Waals surface area (Å²) >= 11 is 6.28. The van der Waals surface area contributed by atoms with Crippen LogP contribution < -0.4 is 5.32 Å². The number of hydrogen-bond donors (Lipinski definition) is 1. The van der Waals surface area contributed by atoms with Gasteiger partial charge >= 0.3 is 5.97 Å². The van der Waals surface area contributed by atoms with Crippen LogP contribution in [0.25, 0.3) is 5.69 Å². The summed E-state index contributed by atoms with van der Waals surface area (Å²) in [5.41, 5.74) is 1.14. The van der Waals surface area contributed by atoms with Crippen molar-refractivity contribution in [3.8, 4) is 5.69 Å². The number of amides is 1. The largest absolute Gasteiger partial charge is 0.452 e. The molecule has 8 nitrogen and oxygen atoms in total. The van der Waals surface area contributed by atoms with Gasteiger partial charge in [0.1, 0.15) is 10.7 Å². The summed E-state index contributed by atoms with van der Waals surface area (Å²) in [6.45, 7) is 1.09. The van der Waals surface area contributed by atoms with Gasteiger partial charge in [0.2, 0.25) is 0 Å². The second-order valence-electron chi connectivity index (χ2n) is 6.24. The molecule has 27 heavy (non-hydrogen) atoms. The molecule has 0 bridgehead atoms. The molecule has 1 unspecified atom stereocenters. The highest BCUT2D eigenvalue weighted by atomic mass is 35.5. The smallest absolute Gasteiger partial charge is 0.343 e. The van der Waals surface area contributed by atoms with Crippen molar-refractivity contribution in [1.29, 1.82) is 0 Å². The van der Waals surface area contributed by atoms with E-state index in [0.29, 0.717) is 17.8 Å². The lowest BCUT2D eigenvalue weighted by Gasteiger charge is -2.11. The number of aromatic nitrogens is 2. The molecule has 1 aromatic heterocycles. The fourth-order valence-electron chi connectivity index (χ4n) is 2.85. The quantitative estimate of drug-likeness (QED) is 0.743. The Morgan fingerprint density at radius 2 is 2.04 bits per heavy atom. The lowest BCUT2D eigenvalue weighted by Crippen LogP contribution is -2.38. The van der Waals surface area contributed by atoms with Gasteiger partial charge in [-0.2, -0.15) is 5.10 Å². The molecule has 2 heterocycles. The van der Waals surface area contributed by atoms with E-state index in [1.165, 1.54) is 4.68 Å². The van der Waals surface area contributed by atoms with Crippen LogP contribution in [0, 0.1) is 6.92 Å². The Hall–Kier alpha value is -2.39. The molecule has 1 aliphatic heterocycles. The van der Waals surface area contributed by atoms with E-state index in [1.807, 2.05) is 18.2 Å². The first kappa shape index (κ1) is 19.4. The molecule has 0 radical (unpaired) electrons. The number of rotatable bonds is 5. The van der Waals surface area contributed by atoms with E-state index < -0.39 is 34.4 Å². The van der Waals surface area contributed by atoms with E-state index in [0.717, 1.165) is 0 Å². The van der Waals surface area contributed by atoms with E-state index in [1.54, 1.807) is 19.1 Å². The van der Waals surface area contributed by atoms with Crippen LogP contribution in [0.1, 0.15) is 22.5 Å². The molecule has 0 aliphatic carbocycles. The van der Waals surface area contributed by atoms with Gasteiger partial charge in [0.15, 0.2) is 16.4 Å². The molecule has 1 amide bonds. The first-order valence-electron chi connectivity index (χ1n) is 8.24. The van der Waals surface area contributed by atoms with Crippen LogP contribution in [0.5, 0.6) is 0 Å². The molecule has 1 aromatic carbocycles. The van der Waals surface area contributed by atoms with Gasteiger partial charge < -0.3 is 10.1 Å². The van der Waals surface area contributed by atoms with Crippen molar-refractivity contribution < 1.29 is 22.7 Å². The molecule has 144 valence electrons. The van der Waals surface area contributed by atoms with E-state index >= 15 is 0 Å². The van der Waals surface area contributed by atoms with Gasteiger partial charge in [-0.05, 0) is 25.5 Å². The van der Waals surface area contributed by atoms with Crippen molar-refractivity contribution in [1.82, 2.24) is 15.1 Å². The summed E-state index contributed by atoms with van der Waals surface area (Å²) in [5, 5.41) is 6.89. The number of esters is 1. The van der Waals surface area contributed by atoms with Crippen molar-refractivity contribution in [2.24, 2.45) is 0 Å². The molecule has 0 spiro atoms. The number of carbonyl (C=O) groups excluding carboxylic acids is 2. The van der Waals surface area contributed by atoms with E-state index in [4.69, 9.17) is 16.3 Å². The first-order chi connectivity index (χ1) is 12.8. The van der Waals surface area contributed by atoms with Crippen molar-refractivity contribution in [2.45, 2.75) is 19.4 Å². The van der Waals surface area contributed by atoms with Crippen LogP contribution in [0.2, 0.25) is 5.15 Å². The maximum atomic E-state index is 12.3. The Bertz CT molecular complexity index is 972. The molecule has 1 atom stereocenters. The van der Waals surface area contributed by atoms with E-state index in [-0.39, 0.29) is 22.2 Å². The van der Waals surface area contributed by atoms with Crippen molar-refractivity contribution in [3.05, 3.63) is 46.7 Å². The average Bonchev–Trinajstić information content (AvgIpc) is 3.11. The number of sulfone groups is 1. The Kier molecular flexibility index (Phi) is 5.52. The molecule has 2 aromatic rings. The fraction of sp³-hybridized carbons (Fsp3) is 0.353. The molecule has 1 saturated heterocycles. The Morgan fingerprint density at radius 3 is 2.67 bits per heavy atom. The predicted molar refractivity (Wildman–Crippen MR) is 98.8 cm³/mol. The maximum absolute atomic E-state index is 12.3. The summed E-state index contributed by atoms with van der Waals surface area (Å²) in [4.78, 5) is 24.2. The lowest BCUT2D eigenvalue weighted by molar-refractivity contribution is -0.124. The molecule has 1 fully saturated rings. The zero-order valence-electron chi connectivity index (χ0n) is 14.5. The maximum Gasteiger partial charge on any atom is 0.343 e. The van der Waals surface area contributed by atoms with Crippen LogP contribution >= 0.6 is 11.6 Å². The first-order valence-corrected chi connectivity index (χ1v) is 10.4. The van der Waals surface area contributed by atoms with Gasteiger partial charge in [-0.15, -0.1) is 0 Å². The van der Waals surface area contributed by atoms with Crippen LogP contribution in [-0.2, 0) is 19.4 Å². The number of halogens is 1. The van der Waals surface area contributed by atoms with Crippen LogP contribution in [0.4, 0.5) is 0 Å². The van der Waals surface area contributed by atoms with Crippen LogP contribution in [0.3, 0.4) is 0 Å². The highest BCUT2D eigenvalue weighted by Crippen LogP contribution is 2.24. The van der Waals surface area contributed by atoms with Gasteiger partial charge in [-0.3, -0.25) is 4.79 Å². The molecule has 3 rings (SSSR count). The van der Waals surface area contributed by atoms with Gasteiger partial charge in [0, 0.05) is 6.04 Å². The zero-order valence-corrected chi connectivity index (χ0v) is 16.1. The van der Waals surface area contributed by atoms with Crippen LogP contribution in [0.15, 0.2) is 30.3 Å². The SMILES string of the molecule is Cc1nn(-c2ccccc2)c(Cl)c1C(=O)OCC(=O)NC1CCS(=O)(=O)C1. The number of aryl methyl sites for hydroxylation is 1. The third-order valence-electron chi connectivity index (χ3n) is 4.14. The zero-order chi connectivity index (χ0) is 19.6. The second-order valence-corrected chi connectivity index (χ2v) is 8.83. The molecule has 1 aliphatic rings. The molecule has 0 saturated carbocycles. The normalized spacial score (nSPS) is 18.2. The predicted octanol–water partition coefficient (Wildman–Crippen LogP) is 1.29. The monoisotopic (exact) mass is 411 g/mol. The summed E-state index contributed by atoms with van der Waals surface area (Å²) in [5.74, 6) is -1.38. The third-order valence-corrected chi connectivity index (χ3v) is 6.26. The number of nitrogens with zero attached hydrogens (tertiary/aromatic N) is 2. The Balaban J connectivity index is 1.63. The molecule has 1 N–H and O–H groups in total. The molecular formula is C17H18ClN3O5S. The van der Waals surface area contributed by atoms with E-state index in [2.05, 4.69) is 10.4 Å². The number of hydrogen-bond acceptors (Lipinski definition) is 6. The summed E-state index contributed by atoms with van der Waals surface area (Å²) in [7, 11) is -3.10. The van der Waals surface area contributed by atoms with Crippen molar-refractivity contribution in [3.63, 3.8) is 0 Å². The summed E-state index contributed by atoms with van der Waals surface area (Å²) < 4.78 is 29.3. The van der Waals surface area contributed by atoms with Crippen molar-refractivity contribution >= 4 is 33.3 Å². The highest BCUT2D eigenvalue weighted by molar-refractivity contribution is 7.91. The minimum absolute atomic E-state index is 0.0468. The van der Waals surface area contributed by atoms with Crippen LogP contribution in [-0.4, -0.2) is 54.2 Å². The number of para-hydroxylation sites is 1. The highest BCUT2D eigenvalue weighted by Gasteiger charge is 2.29. The topological polar surface area (TPSA) is 107 Å². The second kappa shape index (κ2) is 7.69. The Morgan fingerprint density at radius 1 is 1.33 bits per heavy atom. The minimum Gasteiger partial charge on any atom is -0.452 e. The van der Waals surface area contributed by atoms with E-state index in [9.17, 15) is 18.0 Å². The lowest BCUT2D eigenvalue weighted by atomic mass is 10.2. The average molecular weight is 412 g/mol. The van der Waals surface area contributed by atoms with Gasteiger partial charge in [-0.25, -0.2) is 17.9 Å². The van der Waals surface area contributed by atoms with Gasteiger partial charge in [0.05, 0.1) is 22.9 Å². The number of benzene rings is 1. The van der Waals surface area contributed by atoms with Crippen molar-refractivity contribution in [2.75, 3.05) is 18.1 Å². The minimum atomic E-state index is -3.10.